The zero-order valence-corrected chi connectivity index (χ0v) is 15.9. The van der Waals surface area contributed by atoms with Crippen molar-refractivity contribution in [2.24, 2.45) is 28.6 Å². The highest BCUT2D eigenvalue weighted by Crippen LogP contribution is 2.66. The van der Waals surface area contributed by atoms with Crippen LogP contribution < -0.4 is 9.79 Å². The van der Waals surface area contributed by atoms with Crippen LogP contribution in [0.15, 0.2) is 11.6 Å². The van der Waals surface area contributed by atoms with Crippen LogP contribution in [0.25, 0.3) is 0 Å². The summed E-state index contributed by atoms with van der Waals surface area (Å²) in [4.78, 5) is 34.2. The van der Waals surface area contributed by atoms with Gasteiger partial charge in [0, 0.05) is 6.42 Å². The standard InChI is InChI=1S/C19H29O5P/c1-18-9-7-13(20)11-12(18)3-4-14-15-5-6-17(24-25(21,22)23)19(15,2)10-8-16(14)18/h11,14-17H,3-10H2,1-2H3,(H2,21,22,23)/p-2/t14-,15-,16-,17-,18-,19+/m0/s1. The minimum absolute atomic E-state index is 0.115. The van der Waals surface area contributed by atoms with Gasteiger partial charge in [-0.3, -0.25) is 4.79 Å². The van der Waals surface area contributed by atoms with E-state index in [4.69, 9.17) is 4.52 Å². The zero-order valence-electron chi connectivity index (χ0n) is 15.0. The second-order valence-corrected chi connectivity index (χ2v) is 10.2. The van der Waals surface area contributed by atoms with E-state index in [0.29, 0.717) is 30.6 Å². The fourth-order valence-corrected chi connectivity index (χ4v) is 7.50. The first kappa shape index (κ1) is 17.9. The quantitative estimate of drug-likeness (QED) is 0.701. The van der Waals surface area contributed by atoms with Crippen LogP contribution in [0.5, 0.6) is 0 Å². The molecule has 0 heterocycles. The molecule has 0 aliphatic heterocycles. The van der Waals surface area contributed by atoms with Gasteiger partial charge >= 0.3 is 0 Å². The highest BCUT2D eigenvalue weighted by atomic mass is 31.2. The van der Waals surface area contributed by atoms with Crippen LogP contribution in [0, 0.1) is 28.6 Å². The Labute approximate surface area is 149 Å². The number of phosphoric acid groups is 1. The van der Waals surface area contributed by atoms with Crippen molar-refractivity contribution < 1.29 is 23.7 Å². The first-order chi connectivity index (χ1) is 11.6. The molecule has 25 heavy (non-hydrogen) atoms. The third-order valence-corrected chi connectivity index (χ3v) is 8.64. The maximum Gasteiger partial charge on any atom is 0.155 e. The number of rotatable bonds is 2. The van der Waals surface area contributed by atoms with Crippen LogP contribution in [0.3, 0.4) is 0 Å². The molecule has 6 atom stereocenters. The highest BCUT2D eigenvalue weighted by Gasteiger charge is 2.59. The van der Waals surface area contributed by atoms with Gasteiger partial charge in [0.15, 0.2) is 5.78 Å². The summed E-state index contributed by atoms with van der Waals surface area (Å²) in [6.07, 6.45) is 8.61. The molecule has 0 bridgehead atoms. The summed E-state index contributed by atoms with van der Waals surface area (Å²) in [5.74, 6) is 1.78. The Morgan fingerprint density at radius 1 is 1.08 bits per heavy atom. The number of fused-ring (bicyclic) bond motifs is 5. The Kier molecular flexibility index (Phi) is 4.12. The zero-order chi connectivity index (χ0) is 18.0. The van der Waals surface area contributed by atoms with Crippen molar-refractivity contribution in [3.05, 3.63) is 11.6 Å². The second kappa shape index (κ2) is 5.76. The van der Waals surface area contributed by atoms with E-state index in [9.17, 15) is 19.1 Å². The average Bonchev–Trinajstić information content (AvgIpc) is 2.83. The molecule has 6 heteroatoms. The van der Waals surface area contributed by atoms with E-state index < -0.39 is 13.9 Å². The summed E-state index contributed by atoms with van der Waals surface area (Å²) in [7, 11) is -4.95. The molecule has 0 aromatic carbocycles. The number of ketones is 1. The van der Waals surface area contributed by atoms with Crippen molar-refractivity contribution in [2.75, 3.05) is 0 Å². The van der Waals surface area contributed by atoms with E-state index in [1.807, 2.05) is 6.08 Å². The molecule has 3 saturated carbocycles. The van der Waals surface area contributed by atoms with Crippen LogP contribution in [0.2, 0.25) is 0 Å². The number of carbonyl (C=O) groups is 1. The van der Waals surface area contributed by atoms with Gasteiger partial charge in [0.2, 0.25) is 0 Å². The lowest BCUT2D eigenvalue weighted by Crippen LogP contribution is -2.51. The van der Waals surface area contributed by atoms with Crippen LogP contribution in [0.4, 0.5) is 0 Å². The predicted octanol–water partition coefficient (Wildman–Crippen LogP) is 2.73. The molecule has 4 aliphatic rings. The van der Waals surface area contributed by atoms with Gasteiger partial charge in [-0.15, -0.1) is 0 Å². The first-order valence-corrected chi connectivity index (χ1v) is 11.0. The van der Waals surface area contributed by atoms with Gasteiger partial charge in [0.1, 0.15) is 0 Å². The maximum atomic E-state index is 11.9. The minimum Gasteiger partial charge on any atom is -0.790 e. The van der Waals surface area contributed by atoms with Crippen molar-refractivity contribution in [1.82, 2.24) is 0 Å². The topological polar surface area (TPSA) is 89.5 Å². The number of phosphoric ester groups is 1. The molecular weight excluding hydrogens is 339 g/mol. The van der Waals surface area contributed by atoms with Crippen molar-refractivity contribution in [2.45, 2.75) is 71.3 Å². The predicted molar refractivity (Wildman–Crippen MR) is 89.2 cm³/mol. The molecule has 140 valence electrons. The number of carbonyl (C=O) groups excluding carboxylic acids is 1. The lowest BCUT2D eigenvalue weighted by molar-refractivity contribution is -0.347. The van der Waals surface area contributed by atoms with E-state index in [1.165, 1.54) is 5.57 Å². The Balaban J connectivity index is 1.61. The Morgan fingerprint density at radius 2 is 1.84 bits per heavy atom. The van der Waals surface area contributed by atoms with Crippen LogP contribution in [-0.2, 0) is 13.9 Å². The van der Waals surface area contributed by atoms with Gasteiger partial charge in [-0.1, -0.05) is 19.4 Å². The summed E-state index contributed by atoms with van der Waals surface area (Å²) in [6.45, 7) is 4.45. The third kappa shape index (κ3) is 2.79. The SMILES string of the molecule is C[C@@]12CC[C@H]3[C@@H](CCC4=CC(=O)CC[C@@]43C)[C@@H]1CC[C@@H]2OP(=O)([O-])[O-]. The fraction of sp³-hybridized carbons (Fsp3) is 0.842. The number of hydrogen-bond donors (Lipinski definition) is 0. The highest BCUT2D eigenvalue weighted by molar-refractivity contribution is 7.43. The van der Waals surface area contributed by atoms with Crippen LogP contribution in [0.1, 0.15) is 65.2 Å². The molecule has 0 spiro atoms. The van der Waals surface area contributed by atoms with Crippen LogP contribution >= 0.6 is 7.82 Å². The van der Waals surface area contributed by atoms with Crippen molar-refractivity contribution in [3.63, 3.8) is 0 Å². The van der Waals surface area contributed by atoms with E-state index in [1.54, 1.807) is 0 Å². The molecule has 0 aromatic heterocycles. The van der Waals surface area contributed by atoms with Gasteiger partial charge in [-0.25, -0.2) is 0 Å². The van der Waals surface area contributed by atoms with Gasteiger partial charge in [0.05, 0.1) is 13.9 Å². The Bertz CT molecular complexity index is 667. The fourth-order valence-electron chi connectivity index (χ4n) is 6.84. The van der Waals surface area contributed by atoms with Gasteiger partial charge in [-0.2, -0.15) is 0 Å². The molecule has 0 N–H and O–H groups in total. The summed E-state index contributed by atoms with van der Waals surface area (Å²) in [6, 6.07) is 0. The van der Waals surface area contributed by atoms with E-state index in [2.05, 4.69) is 13.8 Å². The Morgan fingerprint density at radius 3 is 2.56 bits per heavy atom. The largest absolute Gasteiger partial charge is 0.790 e. The van der Waals surface area contributed by atoms with Crippen molar-refractivity contribution in [1.29, 1.82) is 0 Å². The first-order valence-electron chi connectivity index (χ1n) is 9.58. The summed E-state index contributed by atoms with van der Waals surface area (Å²) in [5.41, 5.74) is 1.24. The van der Waals surface area contributed by atoms with Crippen molar-refractivity contribution >= 4 is 13.6 Å². The van der Waals surface area contributed by atoms with Crippen molar-refractivity contribution in [3.8, 4) is 0 Å². The average molecular weight is 366 g/mol. The lowest BCUT2D eigenvalue weighted by Gasteiger charge is -2.58. The number of allylic oxidation sites excluding steroid dienone is 1. The summed E-state index contributed by atoms with van der Waals surface area (Å²) in [5, 5.41) is 0. The number of hydrogen-bond acceptors (Lipinski definition) is 5. The minimum atomic E-state index is -4.95. The van der Waals surface area contributed by atoms with Gasteiger partial charge < -0.3 is 18.9 Å². The molecule has 0 amide bonds. The van der Waals surface area contributed by atoms with E-state index in [-0.39, 0.29) is 16.6 Å². The molecular formula is C19H27O5P-2. The van der Waals surface area contributed by atoms with E-state index >= 15 is 0 Å². The summed E-state index contributed by atoms with van der Waals surface area (Å²) < 4.78 is 16.2. The molecule has 3 fully saturated rings. The maximum absolute atomic E-state index is 11.9. The normalized spacial score (nSPS) is 46.9. The van der Waals surface area contributed by atoms with Gasteiger partial charge in [-0.05, 0) is 79.6 Å². The van der Waals surface area contributed by atoms with Gasteiger partial charge in [0.25, 0.3) is 0 Å². The molecule has 5 nitrogen and oxygen atoms in total. The molecule has 4 rings (SSSR count). The summed E-state index contributed by atoms with van der Waals surface area (Å²) >= 11 is 0. The molecule has 0 saturated heterocycles. The molecule has 0 radical (unpaired) electrons. The molecule has 4 aliphatic carbocycles. The monoisotopic (exact) mass is 366 g/mol. The smallest absolute Gasteiger partial charge is 0.155 e. The molecule has 0 unspecified atom stereocenters. The van der Waals surface area contributed by atoms with Crippen LogP contribution in [-0.4, -0.2) is 11.9 Å². The Hall–Kier alpha value is -0.480. The van der Waals surface area contributed by atoms with E-state index in [0.717, 1.165) is 38.5 Å². The lowest BCUT2D eigenvalue weighted by atomic mass is 9.47. The third-order valence-electron chi connectivity index (χ3n) is 8.13. The molecule has 0 aromatic rings. The second-order valence-electron chi connectivity index (χ2n) is 9.13.